The van der Waals surface area contributed by atoms with Crippen molar-refractivity contribution in [2.45, 2.75) is 32.9 Å². The van der Waals surface area contributed by atoms with E-state index in [1.54, 1.807) is 24.8 Å². The summed E-state index contributed by atoms with van der Waals surface area (Å²) in [5.41, 5.74) is 0.426. The number of amides is 1. The average Bonchev–Trinajstić information content (AvgIpc) is 3.07. The summed E-state index contributed by atoms with van der Waals surface area (Å²) in [5, 5.41) is 3.85. The maximum Gasteiger partial charge on any atom is 0.282 e. The summed E-state index contributed by atoms with van der Waals surface area (Å²) >= 11 is 0. The Hall–Kier alpha value is -2.42. The number of aromatic nitrogens is 2. The van der Waals surface area contributed by atoms with Crippen LogP contribution < -0.4 is 0 Å². The highest BCUT2D eigenvalue weighted by Gasteiger charge is 2.28. The van der Waals surface area contributed by atoms with Crippen LogP contribution in [0.2, 0.25) is 0 Å². The van der Waals surface area contributed by atoms with E-state index in [0.29, 0.717) is 31.9 Å². The molecule has 1 fully saturated rings. The number of aryl methyl sites for hydroxylation is 1. The molecule has 1 atom stereocenters. The highest BCUT2D eigenvalue weighted by Crippen LogP contribution is 2.22. The van der Waals surface area contributed by atoms with Crippen molar-refractivity contribution in [3.05, 3.63) is 52.9 Å². The number of benzene rings is 1. The third-order valence-corrected chi connectivity index (χ3v) is 5.00. The molecule has 0 bridgehead atoms. The normalized spacial score (nSPS) is 16.6. The van der Waals surface area contributed by atoms with Gasteiger partial charge in [0.1, 0.15) is 11.7 Å². The van der Waals surface area contributed by atoms with Crippen LogP contribution in [0.1, 0.15) is 36.3 Å². The molecule has 1 aromatic carbocycles. The topological polar surface area (TPSA) is 41.4 Å². The molecule has 1 aliphatic heterocycles. The SMILES string of the molecule is Cc1cc(C(F)F)nn1C(C)C(=O)N1CCN(Cc2cccc(F)c2F)CC1. The maximum atomic E-state index is 13.8. The molecule has 2 heterocycles. The lowest BCUT2D eigenvalue weighted by molar-refractivity contribution is -0.136. The van der Waals surface area contributed by atoms with Crippen molar-refractivity contribution >= 4 is 5.91 Å². The molecule has 5 nitrogen and oxygen atoms in total. The first-order chi connectivity index (χ1) is 13.3. The number of halogens is 4. The first-order valence-electron chi connectivity index (χ1n) is 9.06. The number of hydrogen-bond donors (Lipinski definition) is 0. The van der Waals surface area contributed by atoms with E-state index >= 15 is 0 Å². The number of piperazine rings is 1. The molecule has 0 radical (unpaired) electrons. The van der Waals surface area contributed by atoms with E-state index < -0.39 is 24.1 Å². The minimum Gasteiger partial charge on any atom is -0.338 e. The zero-order chi connectivity index (χ0) is 20.4. The predicted molar refractivity (Wildman–Crippen MR) is 94.8 cm³/mol. The monoisotopic (exact) mass is 398 g/mol. The van der Waals surface area contributed by atoms with Gasteiger partial charge < -0.3 is 4.90 Å². The zero-order valence-electron chi connectivity index (χ0n) is 15.7. The zero-order valence-corrected chi connectivity index (χ0v) is 15.7. The Kier molecular flexibility index (Phi) is 6.02. The van der Waals surface area contributed by atoms with Gasteiger partial charge in [0.15, 0.2) is 11.6 Å². The molecule has 0 N–H and O–H groups in total. The summed E-state index contributed by atoms with van der Waals surface area (Å²) in [6.45, 7) is 5.38. The second-order valence-corrected chi connectivity index (χ2v) is 6.95. The smallest absolute Gasteiger partial charge is 0.282 e. The molecule has 1 saturated heterocycles. The molecule has 3 rings (SSSR count). The first-order valence-corrected chi connectivity index (χ1v) is 9.06. The predicted octanol–water partition coefficient (Wildman–Crippen LogP) is 3.31. The fourth-order valence-electron chi connectivity index (χ4n) is 3.42. The van der Waals surface area contributed by atoms with Gasteiger partial charge in [0.2, 0.25) is 5.91 Å². The maximum absolute atomic E-state index is 13.8. The summed E-state index contributed by atoms with van der Waals surface area (Å²) in [7, 11) is 0. The molecule has 2 aromatic rings. The molecule has 1 aliphatic rings. The van der Waals surface area contributed by atoms with E-state index in [1.807, 2.05) is 4.90 Å². The number of hydrogen-bond acceptors (Lipinski definition) is 3. The van der Waals surface area contributed by atoms with Crippen LogP contribution in [0.5, 0.6) is 0 Å². The Morgan fingerprint density at radius 2 is 1.86 bits per heavy atom. The van der Waals surface area contributed by atoms with Crippen LogP contribution in [0.25, 0.3) is 0 Å². The summed E-state index contributed by atoms with van der Waals surface area (Å²) < 4.78 is 54.1. The van der Waals surface area contributed by atoms with Gasteiger partial charge in [-0.3, -0.25) is 14.4 Å². The standard InChI is InChI=1S/C19H22F4N4O/c1-12-10-16(18(22)23)24-27(12)13(2)19(28)26-8-6-25(7-9-26)11-14-4-3-5-15(20)17(14)21/h3-5,10,13,18H,6-9,11H2,1-2H3. The third kappa shape index (κ3) is 4.19. The van der Waals surface area contributed by atoms with Gasteiger partial charge in [0, 0.05) is 44.0 Å². The van der Waals surface area contributed by atoms with Crippen molar-refractivity contribution in [1.29, 1.82) is 0 Å². The van der Waals surface area contributed by atoms with Gasteiger partial charge in [-0.15, -0.1) is 0 Å². The van der Waals surface area contributed by atoms with E-state index in [2.05, 4.69) is 5.10 Å². The quantitative estimate of drug-likeness (QED) is 0.726. The van der Waals surface area contributed by atoms with Crippen molar-refractivity contribution in [2.75, 3.05) is 26.2 Å². The lowest BCUT2D eigenvalue weighted by Gasteiger charge is -2.36. The minimum atomic E-state index is -2.69. The molecular formula is C19H22F4N4O. The summed E-state index contributed by atoms with van der Waals surface area (Å²) in [6.07, 6.45) is -2.69. The molecule has 0 saturated carbocycles. The van der Waals surface area contributed by atoms with Gasteiger partial charge in [-0.2, -0.15) is 5.10 Å². The van der Waals surface area contributed by atoms with Gasteiger partial charge in [-0.25, -0.2) is 17.6 Å². The second-order valence-electron chi connectivity index (χ2n) is 6.95. The Labute approximate surface area is 160 Å². The largest absolute Gasteiger partial charge is 0.338 e. The summed E-state index contributed by atoms with van der Waals surface area (Å²) in [5.74, 6) is -1.93. The van der Waals surface area contributed by atoms with Crippen LogP contribution in [0.4, 0.5) is 17.6 Å². The number of rotatable bonds is 5. The van der Waals surface area contributed by atoms with E-state index in [4.69, 9.17) is 0 Å². The lowest BCUT2D eigenvalue weighted by Crippen LogP contribution is -2.50. The third-order valence-electron chi connectivity index (χ3n) is 5.00. The summed E-state index contributed by atoms with van der Waals surface area (Å²) in [4.78, 5) is 16.3. The first kappa shape index (κ1) is 20.3. The Balaban J connectivity index is 1.60. The Bertz CT molecular complexity index is 846. The van der Waals surface area contributed by atoms with E-state index in [-0.39, 0.29) is 23.7 Å². The molecule has 1 amide bonds. The number of carbonyl (C=O) groups excluding carboxylic acids is 1. The molecule has 9 heteroatoms. The molecule has 0 aliphatic carbocycles. The average molecular weight is 398 g/mol. The van der Waals surface area contributed by atoms with Crippen LogP contribution in [-0.4, -0.2) is 51.7 Å². The molecular weight excluding hydrogens is 376 g/mol. The number of nitrogens with zero attached hydrogens (tertiary/aromatic N) is 4. The van der Waals surface area contributed by atoms with E-state index in [9.17, 15) is 22.4 Å². The summed E-state index contributed by atoms with van der Waals surface area (Å²) in [6, 6.07) is 4.67. The fraction of sp³-hybridized carbons (Fsp3) is 0.474. The van der Waals surface area contributed by atoms with Crippen LogP contribution in [0.3, 0.4) is 0 Å². The molecule has 1 unspecified atom stereocenters. The molecule has 1 aromatic heterocycles. The highest BCUT2D eigenvalue weighted by atomic mass is 19.3. The van der Waals surface area contributed by atoms with Crippen LogP contribution in [0, 0.1) is 18.6 Å². The van der Waals surface area contributed by atoms with Crippen molar-refractivity contribution in [2.24, 2.45) is 0 Å². The second kappa shape index (κ2) is 8.30. The Morgan fingerprint density at radius 1 is 1.18 bits per heavy atom. The fourth-order valence-corrected chi connectivity index (χ4v) is 3.42. The van der Waals surface area contributed by atoms with Gasteiger partial charge in [0.25, 0.3) is 6.43 Å². The van der Waals surface area contributed by atoms with E-state index in [0.717, 1.165) is 6.07 Å². The van der Waals surface area contributed by atoms with Crippen molar-refractivity contribution in [1.82, 2.24) is 19.6 Å². The van der Waals surface area contributed by atoms with Gasteiger partial charge >= 0.3 is 0 Å². The van der Waals surface area contributed by atoms with Gasteiger partial charge in [-0.1, -0.05) is 12.1 Å². The van der Waals surface area contributed by atoms with Crippen molar-refractivity contribution < 1.29 is 22.4 Å². The van der Waals surface area contributed by atoms with Crippen LogP contribution in [-0.2, 0) is 11.3 Å². The van der Waals surface area contributed by atoms with Crippen LogP contribution >= 0.6 is 0 Å². The van der Waals surface area contributed by atoms with Gasteiger partial charge in [-0.05, 0) is 26.0 Å². The molecule has 28 heavy (non-hydrogen) atoms. The highest BCUT2D eigenvalue weighted by molar-refractivity contribution is 5.80. The van der Waals surface area contributed by atoms with Crippen molar-refractivity contribution in [3.63, 3.8) is 0 Å². The lowest BCUT2D eigenvalue weighted by atomic mass is 10.1. The number of carbonyl (C=O) groups is 1. The van der Waals surface area contributed by atoms with Gasteiger partial charge in [0.05, 0.1) is 0 Å². The van der Waals surface area contributed by atoms with E-state index in [1.165, 1.54) is 16.8 Å². The molecule has 152 valence electrons. The van der Waals surface area contributed by atoms with Crippen molar-refractivity contribution in [3.8, 4) is 0 Å². The number of alkyl halides is 2. The minimum absolute atomic E-state index is 0.205. The van der Waals surface area contributed by atoms with Crippen LogP contribution in [0.15, 0.2) is 24.3 Å². The Morgan fingerprint density at radius 3 is 2.46 bits per heavy atom. The molecule has 0 spiro atoms.